The number of tetrazole rings is 1. The van der Waals surface area contributed by atoms with E-state index in [-0.39, 0.29) is 13.2 Å². The van der Waals surface area contributed by atoms with E-state index in [2.05, 4.69) is 25.6 Å². The molecule has 0 bridgehead atoms. The number of hydrogen-bond donors (Lipinski definition) is 1. The SMILES string of the molecule is CCOC(=O)C(=O)NCc1nnnn1-c1ccc(Cl)cc1. The molecule has 110 valence electrons. The quantitative estimate of drug-likeness (QED) is 0.652. The number of hydrogen-bond acceptors (Lipinski definition) is 6. The lowest BCUT2D eigenvalue weighted by Crippen LogP contribution is -2.32. The van der Waals surface area contributed by atoms with Gasteiger partial charge in [0.25, 0.3) is 0 Å². The number of rotatable bonds is 4. The molecule has 1 aromatic carbocycles. The number of amides is 1. The van der Waals surface area contributed by atoms with Crippen molar-refractivity contribution in [2.24, 2.45) is 0 Å². The van der Waals surface area contributed by atoms with Crippen LogP contribution in [0.25, 0.3) is 5.69 Å². The molecular formula is C12H12ClN5O3. The molecule has 2 rings (SSSR count). The Balaban J connectivity index is 2.06. The van der Waals surface area contributed by atoms with Crippen molar-refractivity contribution >= 4 is 23.5 Å². The van der Waals surface area contributed by atoms with Crippen molar-refractivity contribution < 1.29 is 14.3 Å². The number of nitrogens with one attached hydrogen (secondary N) is 1. The molecule has 21 heavy (non-hydrogen) atoms. The van der Waals surface area contributed by atoms with Crippen LogP contribution in [0.15, 0.2) is 24.3 Å². The van der Waals surface area contributed by atoms with Crippen LogP contribution in [-0.4, -0.2) is 38.7 Å². The molecule has 0 radical (unpaired) electrons. The van der Waals surface area contributed by atoms with Crippen molar-refractivity contribution in [2.75, 3.05) is 6.61 Å². The Kier molecular flexibility index (Phi) is 4.83. The third-order valence-corrected chi connectivity index (χ3v) is 2.73. The molecule has 9 heteroatoms. The van der Waals surface area contributed by atoms with Crippen molar-refractivity contribution in [2.45, 2.75) is 13.5 Å². The first kappa shape index (κ1) is 14.9. The molecular weight excluding hydrogens is 298 g/mol. The minimum absolute atomic E-state index is 0.00667. The first-order chi connectivity index (χ1) is 10.1. The summed E-state index contributed by atoms with van der Waals surface area (Å²) in [5.74, 6) is -1.42. The Morgan fingerprint density at radius 2 is 2.05 bits per heavy atom. The summed E-state index contributed by atoms with van der Waals surface area (Å²) in [6.45, 7) is 1.74. The molecule has 0 unspecified atom stereocenters. The predicted octanol–water partition coefficient (Wildman–Crippen LogP) is 0.495. The summed E-state index contributed by atoms with van der Waals surface area (Å²) in [5, 5.41) is 14.1. The molecule has 1 aromatic heterocycles. The Labute approximate surface area is 125 Å². The summed E-state index contributed by atoms with van der Waals surface area (Å²) < 4.78 is 6.01. The first-order valence-electron chi connectivity index (χ1n) is 6.10. The maximum Gasteiger partial charge on any atom is 0.396 e. The van der Waals surface area contributed by atoms with E-state index in [0.29, 0.717) is 16.5 Å². The Morgan fingerprint density at radius 1 is 1.33 bits per heavy atom. The fraction of sp³-hybridized carbons (Fsp3) is 0.250. The summed E-state index contributed by atoms with van der Waals surface area (Å²) in [4.78, 5) is 22.6. The molecule has 1 amide bonds. The van der Waals surface area contributed by atoms with Crippen LogP contribution in [0.1, 0.15) is 12.7 Å². The minimum atomic E-state index is -0.942. The summed E-state index contributed by atoms with van der Waals surface area (Å²) in [6.07, 6.45) is 0. The monoisotopic (exact) mass is 309 g/mol. The number of nitrogens with zero attached hydrogens (tertiary/aromatic N) is 4. The van der Waals surface area contributed by atoms with Crippen LogP contribution >= 0.6 is 11.6 Å². The van der Waals surface area contributed by atoms with Gasteiger partial charge in [-0.05, 0) is 41.6 Å². The zero-order valence-corrected chi connectivity index (χ0v) is 11.9. The number of ether oxygens (including phenoxy) is 1. The fourth-order valence-electron chi connectivity index (χ4n) is 1.53. The number of esters is 1. The Bertz CT molecular complexity index is 641. The van der Waals surface area contributed by atoms with Crippen LogP contribution in [0, 0.1) is 0 Å². The molecule has 0 aliphatic carbocycles. The van der Waals surface area contributed by atoms with Gasteiger partial charge in [0.1, 0.15) is 0 Å². The highest BCUT2D eigenvalue weighted by atomic mass is 35.5. The van der Waals surface area contributed by atoms with Crippen LogP contribution in [-0.2, 0) is 20.9 Å². The van der Waals surface area contributed by atoms with Gasteiger partial charge in [-0.2, -0.15) is 4.68 Å². The van der Waals surface area contributed by atoms with Crippen molar-refractivity contribution in [1.29, 1.82) is 0 Å². The molecule has 1 N–H and O–H groups in total. The molecule has 0 saturated heterocycles. The molecule has 0 atom stereocenters. The normalized spacial score (nSPS) is 10.2. The molecule has 2 aromatic rings. The van der Waals surface area contributed by atoms with E-state index in [1.54, 1.807) is 31.2 Å². The highest BCUT2D eigenvalue weighted by Gasteiger charge is 2.16. The van der Waals surface area contributed by atoms with Gasteiger partial charge in [0.15, 0.2) is 5.82 Å². The average molecular weight is 310 g/mol. The van der Waals surface area contributed by atoms with E-state index in [1.165, 1.54) is 4.68 Å². The average Bonchev–Trinajstić information content (AvgIpc) is 2.94. The zero-order valence-electron chi connectivity index (χ0n) is 11.1. The van der Waals surface area contributed by atoms with Gasteiger partial charge in [0.2, 0.25) is 0 Å². The van der Waals surface area contributed by atoms with E-state index in [9.17, 15) is 9.59 Å². The minimum Gasteiger partial charge on any atom is -0.459 e. The second-order valence-corrected chi connectivity index (χ2v) is 4.32. The number of benzene rings is 1. The zero-order chi connectivity index (χ0) is 15.2. The largest absolute Gasteiger partial charge is 0.459 e. The highest BCUT2D eigenvalue weighted by Crippen LogP contribution is 2.13. The van der Waals surface area contributed by atoms with Crippen molar-refractivity contribution in [3.63, 3.8) is 0 Å². The van der Waals surface area contributed by atoms with E-state index in [0.717, 1.165) is 0 Å². The number of aromatic nitrogens is 4. The summed E-state index contributed by atoms with van der Waals surface area (Å²) >= 11 is 5.81. The summed E-state index contributed by atoms with van der Waals surface area (Å²) in [7, 11) is 0. The van der Waals surface area contributed by atoms with Crippen molar-refractivity contribution in [3.8, 4) is 5.69 Å². The highest BCUT2D eigenvalue weighted by molar-refractivity contribution is 6.32. The van der Waals surface area contributed by atoms with Crippen LogP contribution in [0.5, 0.6) is 0 Å². The molecule has 0 fully saturated rings. The van der Waals surface area contributed by atoms with Gasteiger partial charge in [-0.1, -0.05) is 11.6 Å². The van der Waals surface area contributed by atoms with Gasteiger partial charge in [-0.3, -0.25) is 4.79 Å². The number of halogens is 1. The smallest absolute Gasteiger partial charge is 0.396 e. The maximum absolute atomic E-state index is 11.4. The fourth-order valence-corrected chi connectivity index (χ4v) is 1.65. The first-order valence-corrected chi connectivity index (χ1v) is 6.47. The third-order valence-electron chi connectivity index (χ3n) is 2.47. The predicted molar refractivity (Wildman–Crippen MR) is 72.6 cm³/mol. The standard InChI is InChI=1S/C12H12ClN5O3/c1-2-21-12(20)11(19)14-7-10-15-16-17-18(10)9-5-3-8(13)4-6-9/h3-6H,2,7H2,1H3,(H,14,19). The van der Waals surface area contributed by atoms with Crippen LogP contribution in [0.3, 0.4) is 0 Å². The van der Waals surface area contributed by atoms with Crippen LogP contribution in [0.4, 0.5) is 0 Å². The van der Waals surface area contributed by atoms with Gasteiger partial charge in [-0.25, -0.2) is 4.79 Å². The molecule has 1 heterocycles. The van der Waals surface area contributed by atoms with Gasteiger partial charge in [0.05, 0.1) is 18.8 Å². The Morgan fingerprint density at radius 3 is 2.71 bits per heavy atom. The maximum atomic E-state index is 11.4. The molecule has 0 aliphatic rings. The second-order valence-electron chi connectivity index (χ2n) is 3.89. The molecule has 0 saturated carbocycles. The van der Waals surface area contributed by atoms with Gasteiger partial charge >= 0.3 is 11.9 Å². The lowest BCUT2D eigenvalue weighted by atomic mass is 10.3. The van der Waals surface area contributed by atoms with Gasteiger partial charge in [-0.15, -0.1) is 5.10 Å². The van der Waals surface area contributed by atoms with E-state index >= 15 is 0 Å². The van der Waals surface area contributed by atoms with E-state index < -0.39 is 11.9 Å². The van der Waals surface area contributed by atoms with Crippen LogP contribution < -0.4 is 5.32 Å². The molecule has 8 nitrogen and oxygen atoms in total. The Hall–Kier alpha value is -2.48. The second kappa shape index (κ2) is 6.80. The van der Waals surface area contributed by atoms with Crippen LogP contribution in [0.2, 0.25) is 5.02 Å². The molecule has 0 aliphatic heterocycles. The van der Waals surface area contributed by atoms with Gasteiger partial charge in [0, 0.05) is 5.02 Å². The number of carbonyl (C=O) groups is 2. The van der Waals surface area contributed by atoms with Crippen molar-refractivity contribution in [1.82, 2.24) is 25.5 Å². The lowest BCUT2D eigenvalue weighted by Gasteiger charge is -2.06. The van der Waals surface area contributed by atoms with Gasteiger partial charge < -0.3 is 10.1 Å². The topological polar surface area (TPSA) is 99.0 Å². The third kappa shape index (κ3) is 3.76. The van der Waals surface area contributed by atoms with E-state index in [4.69, 9.17) is 11.6 Å². The molecule has 0 spiro atoms. The van der Waals surface area contributed by atoms with E-state index in [1.807, 2.05) is 0 Å². The number of carbonyl (C=O) groups excluding carboxylic acids is 2. The summed E-state index contributed by atoms with van der Waals surface area (Å²) in [6, 6.07) is 6.85. The van der Waals surface area contributed by atoms with Crippen molar-refractivity contribution in [3.05, 3.63) is 35.1 Å². The lowest BCUT2D eigenvalue weighted by molar-refractivity contribution is -0.154. The summed E-state index contributed by atoms with van der Waals surface area (Å²) in [5.41, 5.74) is 0.685.